The zero-order chi connectivity index (χ0) is 19.9. The molecule has 1 unspecified atom stereocenters. The number of hydrogen-bond acceptors (Lipinski definition) is 7. The maximum Gasteiger partial charge on any atom is 0.333 e. The van der Waals surface area contributed by atoms with Crippen LogP contribution in [0.25, 0.3) is 0 Å². The molecule has 0 spiro atoms. The fourth-order valence-corrected chi connectivity index (χ4v) is 4.07. The molecule has 0 N–H and O–H groups in total. The fourth-order valence-electron chi connectivity index (χ4n) is 2.93. The van der Waals surface area contributed by atoms with Crippen molar-refractivity contribution in [1.29, 1.82) is 0 Å². The van der Waals surface area contributed by atoms with Crippen molar-refractivity contribution in [2.24, 2.45) is 5.92 Å². The van der Waals surface area contributed by atoms with E-state index in [1.165, 1.54) is 18.2 Å². The monoisotopic (exact) mass is 413 g/mol. The normalized spacial score (nSPS) is 20.7. The maximum atomic E-state index is 13.3. The van der Waals surface area contributed by atoms with Gasteiger partial charge in [-0.3, -0.25) is 4.79 Å². The summed E-state index contributed by atoms with van der Waals surface area (Å²) in [5, 5.41) is 0. The average Bonchev–Trinajstić information content (AvgIpc) is 3.35. The molecule has 7 nitrogen and oxygen atoms in total. The van der Waals surface area contributed by atoms with Crippen LogP contribution in [0.1, 0.15) is 37.0 Å². The number of rotatable bonds is 6. The lowest BCUT2D eigenvalue weighted by molar-refractivity contribution is -0.157. The third-order valence-electron chi connectivity index (χ3n) is 4.23. The summed E-state index contributed by atoms with van der Waals surface area (Å²) in [6.07, 6.45) is 2.22. The van der Waals surface area contributed by atoms with Gasteiger partial charge in [-0.05, 0) is 43.4 Å². The number of ketones is 1. The number of nitrogens with zero attached hydrogens (tertiary/aromatic N) is 1. The molecule has 27 heavy (non-hydrogen) atoms. The molecule has 1 atom stereocenters. The molecule has 0 saturated heterocycles. The third-order valence-corrected chi connectivity index (χ3v) is 5.65. The molecular weight excluding hydrogens is 394 g/mol. The number of carbonyl (C=O) groups is 2. The number of ether oxygens (including phenoxy) is 1. The van der Waals surface area contributed by atoms with Crippen molar-refractivity contribution < 1.29 is 27.6 Å². The quantitative estimate of drug-likeness (QED) is 0.402. The van der Waals surface area contributed by atoms with E-state index in [0.29, 0.717) is 5.76 Å². The van der Waals surface area contributed by atoms with Crippen LogP contribution in [-0.2, 0) is 24.2 Å². The van der Waals surface area contributed by atoms with Crippen LogP contribution in [0, 0.1) is 5.92 Å². The van der Waals surface area contributed by atoms with Gasteiger partial charge in [0.1, 0.15) is 5.76 Å². The highest BCUT2D eigenvalue weighted by molar-refractivity contribution is 7.90. The van der Waals surface area contributed by atoms with Crippen LogP contribution >= 0.6 is 11.8 Å². The smallest absolute Gasteiger partial charge is 0.333 e. The average molecular weight is 414 g/mol. The first-order chi connectivity index (χ1) is 12.6. The molecule has 1 aliphatic heterocycles. The Labute approximate surface area is 162 Å². The van der Waals surface area contributed by atoms with Gasteiger partial charge in [-0.15, -0.1) is 0 Å². The number of carbonyl (C=O) groups excluding carboxylic acids is 2. The first-order valence-corrected chi connectivity index (χ1v) is 10.8. The van der Waals surface area contributed by atoms with E-state index >= 15 is 0 Å². The molecule has 0 amide bonds. The highest BCUT2D eigenvalue weighted by Crippen LogP contribution is 2.45. The number of benzene rings is 1. The second kappa shape index (κ2) is 7.26. The minimum atomic E-state index is -3.65. The number of Topliss-reactive ketones (excluding diaryl/α,β-unsaturated/α-hetero) is 1. The maximum absolute atomic E-state index is 13.3. The summed E-state index contributed by atoms with van der Waals surface area (Å²) >= 11 is 6.08. The van der Waals surface area contributed by atoms with E-state index in [1.807, 2.05) is 0 Å². The highest BCUT2D eigenvalue weighted by Gasteiger charge is 2.49. The molecule has 146 valence electrons. The Bertz CT molecular complexity index is 920. The molecule has 0 radical (unpaired) electrons. The van der Waals surface area contributed by atoms with Crippen molar-refractivity contribution in [1.82, 2.24) is 4.58 Å². The van der Waals surface area contributed by atoms with Crippen LogP contribution in [0.2, 0.25) is 0 Å². The van der Waals surface area contributed by atoms with Crippen LogP contribution in [-0.4, -0.2) is 43.2 Å². The van der Waals surface area contributed by atoms with E-state index < -0.39 is 33.7 Å². The van der Waals surface area contributed by atoms with Crippen molar-refractivity contribution in [3.63, 3.8) is 0 Å². The van der Waals surface area contributed by atoms with Gasteiger partial charge in [-0.2, -0.15) is 0 Å². The second-order valence-electron chi connectivity index (χ2n) is 6.90. The van der Waals surface area contributed by atoms with Gasteiger partial charge in [-0.1, -0.05) is 12.1 Å². The van der Waals surface area contributed by atoms with E-state index in [2.05, 4.69) is 0 Å². The molecule has 1 aromatic carbocycles. The fraction of sp³-hybridized carbons (Fsp3) is 0.444. The van der Waals surface area contributed by atoms with E-state index in [0.717, 1.165) is 23.7 Å². The molecule has 0 bridgehead atoms. The first kappa shape index (κ1) is 19.9. The van der Waals surface area contributed by atoms with Crippen molar-refractivity contribution in [3.05, 3.63) is 41.2 Å². The molecule has 0 aromatic heterocycles. The van der Waals surface area contributed by atoms with Gasteiger partial charge in [0.25, 0.3) is 0 Å². The summed E-state index contributed by atoms with van der Waals surface area (Å²) in [6.45, 7) is 3.36. The predicted octanol–water partition coefficient (Wildman–Crippen LogP) is 2.66. The lowest BCUT2D eigenvalue weighted by Gasteiger charge is -2.18. The lowest BCUT2D eigenvalue weighted by Crippen LogP contribution is -2.37. The summed E-state index contributed by atoms with van der Waals surface area (Å²) in [5.74, 6) is -1.04. The van der Waals surface area contributed by atoms with Gasteiger partial charge in [-0.25, -0.2) is 13.2 Å². The molecular formula is C18H20ClNO6S. The Morgan fingerprint density at radius 3 is 2.44 bits per heavy atom. The van der Waals surface area contributed by atoms with Crippen molar-refractivity contribution >= 4 is 33.4 Å². The Morgan fingerprint density at radius 2 is 1.89 bits per heavy atom. The first-order valence-electron chi connectivity index (χ1n) is 8.52. The molecule has 2 aliphatic rings. The van der Waals surface area contributed by atoms with E-state index in [-0.39, 0.29) is 21.9 Å². The third kappa shape index (κ3) is 4.02. The zero-order valence-electron chi connectivity index (χ0n) is 15.1. The van der Waals surface area contributed by atoms with Gasteiger partial charge in [0.05, 0.1) is 16.6 Å². The summed E-state index contributed by atoms with van der Waals surface area (Å²) in [5.41, 5.74) is 0.0142. The van der Waals surface area contributed by atoms with Gasteiger partial charge in [0, 0.05) is 29.5 Å². The largest absolute Gasteiger partial charge is 0.461 e. The Kier molecular flexibility index (Phi) is 5.33. The number of halogens is 1. The number of hydrogen-bond donors (Lipinski definition) is 0. The SMILES string of the molecule is CC(C)OC(=O)C1C(C(=O)c2ccccc2S(C)(=O)=O)=C(C2CC2)ON1Cl. The summed E-state index contributed by atoms with van der Waals surface area (Å²) in [4.78, 5) is 31.2. The minimum absolute atomic E-state index is 0.0209. The molecule has 1 fully saturated rings. The summed E-state index contributed by atoms with van der Waals surface area (Å²) < 4.78 is 30.2. The second-order valence-corrected chi connectivity index (χ2v) is 9.22. The Morgan fingerprint density at radius 1 is 1.26 bits per heavy atom. The molecule has 1 aromatic rings. The van der Waals surface area contributed by atoms with E-state index in [1.54, 1.807) is 19.9 Å². The summed E-state index contributed by atoms with van der Waals surface area (Å²) in [7, 11) is -3.65. The van der Waals surface area contributed by atoms with Crippen molar-refractivity contribution in [2.45, 2.75) is 43.7 Å². The molecule has 1 aliphatic carbocycles. The van der Waals surface area contributed by atoms with Crippen LogP contribution < -0.4 is 0 Å². The number of allylic oxidation sites excluding steroid dienone is 1. The van der Waals surface area contributed by atoms with Crippen LogP contribution in [0.5, 0.6) is 0 Å². The lowest BCUT2D eigenvalue weighted by atomic mass is 9.95. The molecule has 1 saturated carbocycles. The molecule has 1 heterocycles. The highest BCUT2D eigenvalue weighted by atomic mass is 35.5. The van der Waals surface area contributed by atoms with Crippen molar-refractivity contribution in [3.8, 4) is 0 Å². The van der Waals surface area contributed by atoms with Crippen LogP contribution in [0.15, 0.2) is 40.5 Å². The Hall–Kier alpha value is -1.90. The van der Waals surface area contributed by atoms with E-state index in [9.17, 15) is 18.0 Å². The number of hydroxylamine groups is 1. The molecule has 3 rings (SSSR count). The van der Waals surface area contributed by atoms with Gasteiger partial charge >= 0.3 is 5.97 Å². The zero-order valence-corrected chi connectivity index (χ0v) is 16.7. The van der Waals surface area contributed by atoms with Crippen LogP contribution in [0.4, 0.5) is 0 Å². The topological polar surface area (TPSA) is 90.0 Å². The number of sulfone groups is 1. The summed E-state index contributed by atoms with van der Waals surface area (Å²) in [6, 6.07) is 4.61. The minimum Gasteiger partial charge on any atom is -0.461 e. The standard InChI is InChI=1S/C18H20ClNO6S/c1-10(2)25-18(22)15-14(17(11-8-9-11)26-20(15)19)16(21)12-6-4-5-7-13(12)27(3,23)24/h4-7,10-11,15H,8-9H2,1-3H3. The van der Waals surface area contributed by atoms with Gasteiger partial charge < -0.3 is 9.57 Å². The van der Waals surface area contributed by atoms with Crippen molar-refractivity contribution in [2.75, 3.05) is 6.26 Å². The Balaban J connectivity index is 2.09. The van der Waals surface area contributed by atoms with Crippen LogP contribution in [0.3, 0.4) is 0 Å². The van der Waals surface area contributed by atoms with E-state index in [4.69, 9.17) is 21.4 Å². The molecule has 9 heteroatoms. The predicted molar refractivity (Wildman–Crippen MR) is 97.4 cm³/mol. The van der Waals surface area contributed by atoms with Gasteiger partial charge in [0.15, 0.2) is 21.7 Å². The van der Waals surface area contributed by atoms with Gasteiger partial charge in [0.2, 0.25) is 0 Å². The number of esters is 1.